The molecule has 0 aliphatic heterocycles. The number of carbonyl (C=O) groups excluding carboxylic acids is 2. The molecular formula is C13H15N3O3S2. The van der Waals surface area contributed by atoms with E-state index in [2.05, 4.69) is 15.3 Å². The number of nitrogens with zero attached hydrogens (tertiary/aromatic N) is 2. The Balaban J connectivity index is 1.88. The number of hydrogen-bond donors (Lipinski definition) is 1. The van der Waals surface area contributed by atoms with E-state index in [4.69, 9.17) is 4.74 Å². The quantitative estimate of drug-likeness (QED) is 0.779. The lowest BCUT2D eigenvalue weighted by Crippen LogP contribution is -2.43. The van der Waals surface area contributed by atoms with E-state index in [9.17, 15) is 9.59 Å². The second kappa shape index (κ2) is 7.84. The summed E-state index contributed by atoms with van der Waals surface area (Å²) in [7, 11) is 1.30. The smallest absolute Gasteiger partial charge is 0.328 e. The number of carbonyl (C=O) groups is 2. The molecule has 0 saturated carbocycles. The first-order valence-corrected chi connectivity index (χ1v) is 8.19. The zero-order valence-corrected chi connectivity index (χ0v) is 13.1. The summed E-state index contributed by atoms with van der Waals surface area (Å²) in [5.74, 6) is -0.668. The average molecular weight is 325 g/mol. The molecule has 112 valence electrons. The molecule has 0 saturated heterocycles. The Bertz CT molecular complexity index is 570. The van der Waals surface area contributed by atoms with Gasteiger partial charge >= 0.3 is 5.97 Å². The number of aromatic nitrogens is 2. The van der Waals surface area contributed by atoms with Crippen LogP contribution in [0.4, 0.5) is 0 Å². The summed E-state index contributed by atoms with van der Waals surface area (Å²) in [6, 6.07) is -0.708. The van der Waals surface area contributed by atoms with Crippen molar-refractivity contribution in [3.63, 3.8) is 0 Å². The van der Waals surface area contributed by atoms with Crippen LogP contribution in [-0.2, 0) is 27.2 Å². The molecule has 1 unspecified atom stereocenters. The van der Waals surface area contributed by atoms with Gasteiger partial charge in [0.2, 0.25) is 5.91 Å². The van der Waals surface area contributed by atoms with Gasteiger partial charge in [0, 0.05) is 23.6 Å². The molecule has 1 amide bonds. The van der Waals surface area contributed by atoms with Crippen LogP contribution in [0.15, 0.2) is 21.8 Å². The van der Waals surface area contributed by atoms with Crippen molar-refractivity contribution in [2.24, 2.45) is 0 Å². The number of nitrogens with one attached hydrogen (secondary N) is 1. The molecule has 0 fully saturated rings. The van der Waals surface area contributed by atoms with E-state index in [0.717, 1.165) is 11.4 Å². The van der Waals surface area contributed by atoms with Gasteiger partial charge in [-0.3, -0.25) is 4.79 Å². The van der Waals surface area contributed by atoms with Crippen LogP contribution in [0, 0.1) is 0 Å². The van der Waals surface area contributed by atoms with Gasteiger partial charge in [-0.1, -0.05) is 0 Å². The highest BCUT2D eigenvalue weighted by atomic mass is 32.1. The van der Waals surface area contributed by atoms with E-state index in [1.807, 2.05) is 10.8 Å². The minimum atomic E-state index is -0.708. The number of hydrogen-bond acceptors (Lipinski definition) is 7. The Morgan fingerprint density at radius 2 is 1.90 bits per heavy atom. The van der Waals surface area contributed by atoms with Gasteiger partial charge in [-0.05, 0) is 6.42 Å². The largest absolute Gasteiger partial charge is 0.467 e. The van der Waals surface area contributed by atoms with Gasteiger partial charge in [-0.25, -0.2) is 14.8 Å². The third-order valence-corrected chi connectivity index (χ3v) is 4.08. The molecule has 0 aromatic carbocycles. The van der Waals surface area contributed by atoms with Crippen molar-refractivity contribution < 1.29 is 14.3 Å². The Labute approximate surface area is 130 Å². The molecular weight excluding hydrogens is 310 g/mol. The van der Waals surface area contributed by atoms with Gasteiger partial charge in [0.1, 0.15) is 6.04 Å². The number of ether oxygens (including phenoxy) is 1. The molecule has 8 heteroatoms. The normalized spacial score (nSPS) is 11.9. The Morgan fingerprint density at radius 1 is 1.24 bits per heavy atom. The summed E-state index contributed by atoms with van der Waals surface area (Å²) >= 11 is 2.94. The van der Waals surface area contributed by atoms with E-state index in [-0.39, 0.29) is 12.3 Å². The van der Waals surface area contributed by atoms with Crippen LogP contribution in [0.3, 0.4) is 0 Å². The van der Waals surface area contributed by atoms with Crippen LogP contribution in [0.25, 0.3) is 0 Å². The third-order valence-electron chi connectivity index (χ3n) is 2.81. The van der Waals surface area contributed by atoms with Crippen LogP contribution in [0.1, 0.15) is 17.8 Å². The van der Waals surface area contributed by atoms with E-state index in [1.165, 1.54) is 29.8 Å². The first-order valence-electron chi connectivity index (χ1n) is 6.30. The SMILES string of the molecule is COC(=O)C(Cc1cscn1)NC(=O)CCc1cscn1. The molecule has 2 rings (SSSR count). The standard InChI is InChI=1S/C13H15N3O3S2/c1-19-13(18)11(4-10-6-21-8-15-10)16-12(17)3-2-9-5-20-7-14-9/h5-8,11H,2-4H2,1H3,(H,16,17). The predicted molar refractivity (Wildman–Crippen MR) is 80.2 cm³/mol. The van der Waals surface area contributed by atoms with E-state index >= 15 is 0 Å². The third kappa shape index (κ3) is 4.91. The topological polar surface area (TPSA) is 81.2 Å². The van der Waals surface area contributed by atoms with Crippen molar-refractivity contribution >= 4 is 34.6 Å². The Morgan fingerprint density at radius 3 is 2.48 bits per heavy atom. The number of amides is 1. The van der Waals surface area contributed by atoms with Crippen molar-refractivity contribution in [3.8, 4) is 0 Å². The number of esters is 1. The molecule has 1 atom stereocenters. The monoisotopic (exact) mass is 325 g/mol. The van der Waals surface area contributed by atoms with Gasteiger partial charge in [-0.2, -0.15) is 0 Å². The molecule has 0 bridgehead atoms. The lowest BCUT2D eigenvalue weighted by molar-refractivity contribution is -0.145. The molecule has 2 aromatic heterocycles. The van der Waals surface area contributed by atoms with Crippen molar-refractivity contribution in [3.05, 3.63) is 33.2 Å². The maximum absolute atomic E-state index is 11.9. The molecule has 6 nitrogen and oxygen atoms in total. The highest BCUT2D eigenvalue weighted by Crippen LogP contribution is 2.07. The fourth-order valence-electron chi connectivity index (χ4n) is 1.75. The molecule has 0 spiro atoms. The highest BCUT2D eigenvalue weighted by molar-refractivity contribution is 7.07. The Hall–Kier alpha value is -1.80. The summed E-state index contributed by atoms with van der Waals surface area (Å²) < 4.78 is 4.72. The Kier molecular flexibility index (Phi) is 5.82. The minimum absolute atomic E-state index is 0.200. The molecule has 2 heterocycles. The van der Waals surface area contributed by atoms with Gasteiger partial charge in [0.05, 0.1) is 29.5 Å². The lowest BCUT2D eigenvalue weighted by Gasteiger charge is -2.15. The van der Waals surface area contributed by atoms with Crippen LogP contribution in [0.5, 0.6) is 0 Å². The summed E-state index contributed by atoms with van der Waals surface area (Å²) in [5.41, 5.74) is 5.06. The fourth-order valence-corrected chi connectivity index (χ4v) is 2.92. The molecule has 21 heavy (non-hydrogen) atoms. The maximum atomic E-state index is 11.9. The average Bonchev–Trinajstić information content (AvgIpc) is 3.16. The molecule has 2 aromatic rings. The second-order valence-corrected chi connectivity index (χ2v) is 5.74. The van der Waals surface area contributed by atoms with Gasteiger partial charge in [0.25, 0.3) is 0 Å². The highest BCUT2D eigenvalue weighted by Gasteiger charge is 2.22. The first-order chi connectivity index (χ1) is 10.2. The lowest BCUT2D eigenvalue weighted by atomic mass is 10.1. The fraction of sp³-hybridized carbons (Fsp3) is 0.385. The maximum Gasteiger partial charge on any atom is 0.328 e. The van der Waals surface area contributed by atoms with Gasteiger partial charge in [0.15, 0.2) is 0 Å². The zero-order chi connectivity index (χ0) is 15.1. The molecule has 1 N–H and O–H groups in total. The number of thiazole rings is 2. The van der Waals surface area contributed by atoms with Crippen molar-refractivity contribution in [2.75, 3.05) is 7.11 Å². The number of methoxy groups -OCH3 is 1. The zero-order valence-electron chi connectivity index (χ0n) is 11.4. The van der Waals surface area contributed by atoms with Crippen LogP contribution in [-0.4, -0.2) is 35.0 Å². The van der Waals surface area contributed by atoms with E-state index in [1.54, 1.807) is 11.0 Å². The molecule has 0 aliphatic carbocycles. The number of rotatable bonds is 7. The summed E-state index contributed by atoms with van der Waals surface area (Å²) in [4.78, 5) is 31.9. The van der Waals surface area contributed by atoms with Crippen molar-refractivity contribution in [2.45, 2.75) is 25.3 Å². The van der Waals surface area contributed by atoms with Crippen LogP contribution in [0.2, 0.25) is 0 Å². The van der Waals surface area contributed by atoms with E-state index < -0.39 is 12.0 Å². The van der Waals surface area contributed by atoms with E-state index in [0.29, 0.717) is 12.8 Å². The van der Waals surface area contributed by atoms with Crippen molar-refractivity contribution in [1.29, 1.82) is 0 Å². The second-order valence-electron chi connectivity index (χ2n) is 4.31. The minimum Gasteiger partial charge on any atom is -0.467 e. The number of aryl methyl sites for hydroxylation is 1. The van der Waals surface area contributed by atoms with Gasteiger partial charge in [-0.15, -0.1) is 22.7 Å². The van der Waals surface area contributed by atoms with Crippen LogP contribution >= 0.6 is 22.7 Å². The molecule has 0 aliphatic rings. The first kappa shape index (κ1) is 15.6. The van der Waals surface area contributed by atoms with Crippen molar-refractivity contribution in [1.82, 2.24) is 15.3 Å². The van der Waals surface area contributed by atoms with Crippen LogP contribution < -0.4 is 5.32 Å². The summed E-state index contributed by atoms with van der Waals surface area (Å²) in [5, 5.41) is 6.44. The molecule has 0 radical (unpaired) electrons. The summed E-state index contributed by atoms with van der Waals surface area (Å²) in [6.07, 6.45) is 1.17. The van der Waals surface area contributed by atoms with Gasteiger partial charge < -0.3 is 10.1 Å². The predicted octanol–water partition coefficient (Wildman–Crippen LogP) is 1.43. The summed E-state index contributed by atoms with van der Waals surface area (Å²) in [6.45, 7) is 0.